The molecule has 18 heavy (non-hydrogen) atoms. The summed E-state index contributed by atoms with van der Waals surface area (Å²) in [6, 6.07) is 4.23. The minimum absolute atomic E-state index is 0.508. The molecule has 0 aliphatic carbocycles. The van der Waals surface area contributed by atoms with Gasteiger partial charge < -0.3 is 10.5 Å². The number of rotatable bonds is 4. The average Bonchev–Trinajstić information content (AvgIpc) is 2.80. The van der Waals surface area contributed by atoms with Crippen molar-refractivity contribution in [2.75, 3.05) is 0 Å². The second-order valence-electron chi connectivity index (χ2n) is 4.42. The summed E-state index contributed by atoms with van der Waals surface area (Å²) in [6.45, 7) is 7.31. The number of nitrogens with zero attached hydrogens (tertiary/aromatic N) is 1. The molecule has 0 bridgehead atoms. The lowest BCUT2D eigenvalue weighted by molar-refractivity contribution is 0.303. The Morgan fingerprint density at radius 1 is 1.28 bits per heavy atom. The van der Waals surface area contributed by atoms with Gasteiger partial charge in [-0.2, -0.15) is 0 Å². The van der Waals surface area contributed by atoms with Crippen molar-refractivity contribution in [3.05, 3.63) is 44.9 Å². The first-order valence-corrected chi connectivity index (χ1v) is 6.76. The molecule has 1 aromatic carbocycles. The van der Waals surface area contributed by atoms with Crippen molar-refractivity contribution in [3.63, 3.8) is 0 Å². The topological polar surface area (TPSA) is 48.1 Å². The summed E-state index contributed by atoms with van der Waals surface area (Å²) < 4.78 is 5.85. The van der Waals surface area contributed by atoms with Gasteiger partial charge in [-0.05, 0) is 43.5 Å². The predicted octanol–water partition coefficient (Wildman–Crippen LogP) is 3.11. The van der Waals surface area contributed by atoms with Crippen LogP contribution in [0.5, 0.6) is 5.75 Å². The standard InChI is InChI=1S/C14H18N2OS/c1-9-4-10(2)11(3)13(5-9)17-8-14-16-7-12(6-15)18-14/h4-5,7H,6,8,15H2,1-3H3. The smallest absolute Gasteiger partial charge is 0.140 e. The number of ether oxygens (including phenoxy) is 1. The number of hydrogen-bond acceptors (Lipinski definition) is 4. The molecular weight excluding hydrogens is 244 g/mol. The van der Waals surface area contributed by atoms with E-state index < -0.39 is 0 Å². The average molecular weight is 262 g/mol. The van der Waals surface area contributed by atoms with Crippen LogP contribution in [0.2, 0.25) is 0 Å². The first-order chi connectivity index (χ1) is 8.60. The quantitative estimate of drug-likeness (QED) is 0.921. The van der Waals surface area contributed by atoms with E-state index in [-0.39, 0.29) is 0 Å². The molecule has 0 saturated carbocycles. The molecule has 0 radical (unpaired) electrons. The molecule has 0 saturated heterocycles. The highest BCUT2D eigenvalue weighted by atomic mass is 32.1. The molecule has 0 spiro atoms. The van der Waals surface area contributed by atoms with Crippen molar-refractivity contribution in [2.45, 2.75) is 33.9 Å². The van der Waals surface area contributed by atoms with Crippen molar-refractivity contribution >= 4 is 11.3 Å². The first kappa shape index (κ1) is 13.1. The zero-order valence-corrected chi connectivity index (χ0v) is 11.8. The van der Waals surface area contributed by atoms with E-state index in [9.17, 15) is 0 Å². The van der Waals surface area contributed by atoms with E-state index in [1.165, 1.54) is 16.7 Å². The number of nitrogens with two attached hydrogens (primary N) is 1. The van der Waals surface area contributed by atoms with E-state index in [0.717, 1.165) is 15.6 Å². The Morgan fingerprint density at radius 3 is 2.72 bits per heavy atom. The van der Waals surface area contributed by atoms with Gasteiger partial charge in [-0.1, -0.05) is 6.07 Å². The SMILES string of the molecule is Cc1cc(C)c(C)c(OCc2ncc(CN)s2)c1. The molecule has 1 aromatic heterocycles. The minimum atomic E-state index is 0.508. The van der Waals surface area contributed by atoms with E-state index >= 15 is 0 Å². The molecule has 2 aromatic rings. The number of thiazole rings is 1. The highest BCUT2D eigenvalue weighted by Gasteiger charge is 2.06. The van der Waals surface area contributed by atoms with E-state index in [1.807, 2.05) is 6.20 Å². The molecule has 0 aliphatic heterocycles. The summed E-state index contributed by atoms with van der Waals surface area (Å²) in [7, 11) is 0. The Balaban J connectivity index is 2.10. The molecule has 2 rings (SSSR count). The Labute approximate surface area is 112 Å². The third kappa shape index (κ3) is 2.89. The number of hydrogen-bond donors (Lipinski definition) is 1. The largest absolute Gasteiger partial charge is 0.486 e. The fraction of sp³-hybridized carbons (Fsp3) is 0.357. The van der Waals surface area contributed by atoms with Crippen LogP contribution >= 0.6 is 11.3 Å². The van der Waals surface area contributed by atoms with E-state index in [0.29, 0.717) is 13.2 Å². The molecule has 0 atom stereocenters. The maximum atomic E-state index is 5.85. The lowest BCUT2D eigenvalue weighted by Gasteiger charge is -2.11. The molecule has 0 unspecified atom stereocenters. The summed E-state index contributed by atoms with van der Waals surface area (Å²) >= 11 is 1.61. The van der Waals surface area contributed by atoms with Gasteiger partial charge in [0.05, 0.1) is 0 Å². The van der Waals surface area contributed by atoms with Crippen molar-refractivity contribution < 1.29 is 4.74 Å². The van der Waals surface area contributed by atoms with Gasteiger partial charge in [0.2, 0.25) is 0 Å². The van der Waals surface area contributed by atoms with Gasteiger partial charge in [0, 0.05) is 17.6 Å². The minimum Gasteiger partial charge on any atom is -0.486 e. The van der Waals surface area contributed by atoms with Gasteiger partial charge in [0.15, 0.2) is 0 Å². The Kier molecular flexibility index (Phi) is 3.99. The maximum Gasteiger partial charge on any atom is 0.140 e. The maximum absolute atomic E-state index is 5.85. The lowest BCUT2D eigenvalue weighted by atomic mass is 10.1. The van der Waals surface area contributed by atoms with Crippen molar-refractivity contribution in [1.29, 1.82) is 0 Å². The Hall–Kier alpha value is -1.39. The Morgan fingerprint density at radius 2 is 2.06 bits per heavy atom. The van der Waals surface area contributed by atoms with Crippen LogP contribution in [0.25, 0.3) is 0 Å². The second-order valence-corrected chi connectivity index (χ2v) is 5.62. The summed E-state index contributed by atoms with van der Waals surface area (Å²) in [5.74, 6) is 0.942. The van der Waals surface area contributed by atoms with Crippen molar-refractivity contribution in [2.24, 2.45) is 5.73 Å². The van der Waals surface area contributed by atoms with Crippen LogP contribution in [0.1, 0.15) is 26.6 Å². The van der Waals surface area contributed by atoms with Gasteiger partial charge >= 0.3 is 0 Å². The molecule has 0 amide bonds. The number of aryl methyl sites for hydroxylation is 2. The van der Waals surface area contributed by atoms with Crippen LogP contribution in [-0.4, -0.2) is 4.98 Å². The second kappa shape index (κ2) is 5.50. The summed E-state index contributed by atoms with van der Waals surface area (Å²) in [4.78, 5) is 5.38. The predicted molar refractivity (Wildman–Crippen MR) is 75.0 cm³/mol. The van der Waals surface area contributed by atoms with E-state index in [4.69, 9.17) is 10.5 Å². The Bertz CT molecular complexity index is 549. The van der Waals surface area contributed by atoms with Crippen molar-refractivity contribution in [1.82, 2.24) is 4.98 Å². The van der Waals surface area contributed by atoms with Crippen LogP contribution in [0.4, 0.5) is 0 Å². The third-order valence-corrected chi connectivity index (χ3v) is 3.91. The summed E-state index contributed by atoms with van der Waals surface area (Å²) in [6.07, 6.45) is 1.82. The van der Waals surface area contributed by atoms with Crippen LogP contribution in [0.15, 0.2) is 18.3 Å². The van der Waals surface area contributed by atoms with Crippen LogP contribution in [-0.2, 0) is 13.2 Å². The molecule has 3 nitrogen and oxygen atoms in total. The van der Waals surface area contributed by atoms with Crippen LogP contribution in [0, 0.1) is 20.8 Å². The summed E-state index contributed by atoms with van der Waals surface area (Å²) in [5.41, 5.74) is 9.23. The number of benzene rings is 1. The highest BCUT2D eigenvalue weighted by molar-refractivity contribution is 7.11. The summed E-state index contributed by atoms with van der Waals surface area (Å²) in [5, 5.41) is 0.967. The molecule has 96 valence electrons. The molecule has 0 fully saturated rings. The normalized spacial score (nSPS) is 10.7. The number of aromatic nitrogens is 1. The molecular formula is C14H18N2OS. The first-order valence-electron chi connectivity index (χ1n) is 5.94. The zero-order valence-electron chi connectivity index (χ0n) is 11.0. The molecule has 4 heteroatoms. The monoisotopic (exact) mass is 262 g/mol. The van der Waals surface area contributed by atoms with Crippen LogP contribution < -0.4 is 10.5 Å². The van der Waals surface area contributed by atoms with Gasteiger partial charge in [0.1, 0.15) is 17.4 Å². The lowest BCUT2D eigenvalue weighted by Crippen LogP contribution is -1.98. The molecule has 1 heterocycles. The van der Waals surface area contributed by atoms with Gasteiger partial charge in [-0.15, -0.1) is 11.3 Å². The van der Waals surface area contributed by atoms with Gasteiger partial charge in [-0.3, -0.25) is 0 Å². The van der Waals surface area contributed by atoms with Gasteiger partial charge in [-0.25, -0.2) is 4.98 Å². The third-order valence-electron chi connectivity index (χ3n) is 2.92. The molecule has 0 aliphatic rings. The van der Waals surface area contributed by atoms with E-state index in [1.54, 1.807) is 11.3 Å². The fourth-order valence-electron chi connectivity index (χ4n) is 1.80. The fourth-order valence-corrected chi connectivity index (χ4v) is 2.51. The van der Waals surface area contributed by atoms with Crippen molar-refractivity contribution in [3.8, 4) is 5.75 Å². The highest BCUT2D eigenvalue weighted by Crippen LogP contribution is 2.24. The zero-order chi connectivity index (χ0) is 13.1. The molecule has 2 N–H and O–H groups in total. The van der Waals surface area contributed by atoms with Gasteiger partial charge in [0.25, 0.3) is 0 Å². The van der Waals surface area contributed by atoms with E-state index in [2.05, 4.69) is 37.9 Å². The van der Waals surface area contributed by atoms with Crippen LogP contribution in [0.3, 0.4) is 0 Å².